The molecular formula is C33H27N5O3S. The third kappa shape index (κ3) is 5.17. The van der Waals surface area contributed by atoms with Gasteiger partial charge in [-0.2, -0.15) is 0 Å². The van der Waals surface area contributed by atoms with Gasteiger partial charge in [-0.1, -0.05) is 53.0 Å². The molecule has 42 heavy (non-hydrogen) atoms. The maximum absolute atomic E-state index is 13.5. The fraction of sp³-hybridized carbons (Fsp3) is 0.0909. The van der Waals surface area contributed by atoms with Crippen LogP contribution in [-0.4, -0.2) is 38.4 Å². The first-order valence-corrected chi connectivity index (χ1v) is 14.1. The molecule has 0 atom stereocenters. The summed E-state index contributed by atoms with van der Waals surface area (Å²) in [6.45, 7) is 1.99. The Labute approximate surface area is 246 Å². The van der Waals surface area contributed by atoms with Crippen LogP contribution in [0, 0.1) is 6.92 Å². The van der Waals surface area contributed by atoms with Crippen molar-refractivity contribution in [3.63, 3.8) is 0 Å². The molecule has 0 aliphatic carbocycles. The van der Waals surface area contributed by atoms with Gasteiger partial charge in [0.15, 0.2) is 0 Å². The summed E-state index contributed by atoms with van der Waals surface area (Å²) in [6, 6.07) is 24.8. The molecule has 3 aromatic heterocycles. The number of carbonyl (C=O) groups is 2. The van der Waals surface area contributed by atoms with E-state index in [1.807, 2.05) is 103 Å². The van der Waals surface area contributed by atoms with Crippen molar-refractivity contribution in [2.24, 2.45) is 7.05 Å². The number of aromatic nitrogens is 4. The quantitative estimate of drug-likeness (QED) is 0.245. The van der Waals surface area contributed by atoms with E-state index >= 15 is 0 Å². The van der Waals surface area contributed by atoms with E-state index in [0.717, 1.165) is 37.3 Å². The summed E-state index contributed by atoms with van der Waals surface area (Å²) in [6.07, 6.45) is 7.24. The van der Waals surface area contributed by atoms with Gasteiger partial charge in [0.05, 0.1) is 22.5 Å². The third-order valence-corrected chi connectivity index (χ3v) is 7.97. The van der Waals surface area contributed by atoms with Gasteiger partial charge in [-0.15, -0.1) is 5.10 Å². The Morgan fingerprint density at radius 1 is 0.929 bits per heavy atom. The first-order valence-electron chi connectivity index (χ1n) is 13.3. The van der Waals surface area contributed by atoms with Gasteiger partial charge in [-0.3, -0.25) is 9.78 Å². The van der Waals surface area contributed by atoms with Gasteiger partial charge in [0.1, 0.15) is 5.52 Å². The van der Waals surface area contributed by atoms with Gasteiger partial charge in [0.25, 0.3) is 5.91 Å². The van der Waals surface area contributed by atoms with E-state index in [4.69, 9.17) is 9.94 Å². The average Bonchev–Trinajstić information content (AvgIpc) is 3.54. The molecule has 0 fully saturated rings. The lowest BCUT2D eigenvalue weighted by atomic mass is 10.1. The second kappa shape index (κ2) is 11.4. The summed E-state index contributed by atoms with van der Waals surface area (Å²) < 4.78 is 1.90. The molecule has 3 heterocycles. The minimum atomic E-state index is -0.517. The van der Waals surface area contributed by atoms with Crippen LogP contribution < -0.4 is 10.2 Å². The Balaban J connectivity index is 1.44. The number of para-hydroxylation sites is 1. The van der Waals surface area contributed by atoms with E-state index in [1.54, 1.807) is 25.5 Å². The van der Waals surface area contributed by atoms with E-state index in [9.17, 15) is 9.59 Å². The van der Waals surface area contributed by atoms with Crippen LogP contribution in [0.2, 0.25) is 0 Å². The minimum absolute atomic E-state index is 0.160. The number of nitrogens with zero attached hydrogens (tertiary/aromatic N) is 4. The highest BCUT2D eigenvalue weighted by Gasteiger charge is 2.21. The predicted molar refractivity (Wildman–Crippen MR) is 165 cm³/mol. The van der Waals surface area contributed by atoms with Gasteiger partial charge < -0.3 is 14.7 Å². The minimum Gasteiger partial charge on any atom is -0.355 e. The molecule has 0 aliphatic heterocycles. The van der Waals surface area contributed by atoms with Crippen LogP contribution in [0.25, 0.3) is 34.0 Å². The highest BCUT2D eigenvalue weighted by molar-refractivity contribution is 7.99. The molecular weight excluding hydrogens is 546 g/mol. The molecule has 1 N–H and O–H groups in total. The summed E-state index contributed by atoms with van der Waals surface area (Å²) in [5.74, 6) is -0.677. The van der Waals surface area contributed by atoms with Crippen molar-refractivity contribution in [2.75, 3.05) is 7.05 Å². The lowest BCUT2D eigenvalue weighted by molar-refractivity contribution is 0.0421. The Kier molecular flexibility index (Phi) is 7.33. The highest BCUT2D eigenvalue weighted by atomic mass is 32.2. The van der Waals surface area contributed by atoms with Gasteiger partial charge in [-0.05, 0) is 67.1 Å². The number of aryl methyl sites for hydroxylation is 2. The van der Waals surface area contributed by atoms with Crippen LogP contribution in [0.1, 0.15) is 37.7 Å². The van der Waals surface area contributed by atoms with Crippen molar-refractivity contribution in [3.05, 3.63) is 119 Å². The Morgan fingerprint density at radius 2 is 1.71 bits per heavy atom. The van der Waals surface area contributed by atoms with Crippen molar-refractivity contribution < 1.29 is 14.4 Å². The van der Waals surface area contributed by atoms with Gasteiger partial charge in [0.2, 0.25) is 0 Å². The molecule has 0 saturated heterocycles. The van der Waals surface area contributed by atoms with Crippen LogP contribution >= 0.6 is 11.8 Å². The third-order valence-electron chi connectivity index (χ3n) is 6.92. The molecule has 208 valence electrons. The van der Waals surface area contributed by atoms with Crippen molar-refractivity contribution in [2.45, 2.75) is 16.7 Å². The molecule has 0 saturated carbocycles. The summed E-state index contributed by atoms with van der Waals surface area (Å²) in [5, 5.41) is 9.05. The zero-order valence-corrected chi connectivity index (χ0v) is 24.1. The van der Waals surface area contributed by atoms with Crippen LogP contribution in [0.3, 0.4) is 0 Å². The number of rotatable bonds is 7. The van der Waals surface area contributed by atoms with Gasteiger partial charge in [0, 0.05) is 52.6 Å². The monoisotopic (exact) mass is 573 g/mol. The fourth-order valence-corrected chi connectivity index (χ4v) is 6.02. The lowest BCUT2D eigenvalue weighted by Gasteiger charge is -2.10. The average molecular weight is 574 g/mol. The van der Waals surface area contributed by atoms with Gasteiger partial charge >= 0.3 is 5.97 Å². The highest BCUT2D eigenvalue weighted by Crippen LogP contribution is 2.35. The largest absolute Gasteiger partial charge is 0.367 e. The smallest absolute Gasteiger partial charge is 0.355 e. The Morgan fingerprint density at radius 3 is 2.52 bits per heavy atom. The maximum Gasteiger partial charge on any atom is 0.367 e. The number of carbonyl (C=O) groups excluding carboxylic acids is 2. The standard InChI is InChI=1S/C33H27N5O3S/c1-21-18-23(42-30-14-7-5-12-25(30)32(39)34-2)19-29-31(21)27(16-15-22-10-8-9-17-35-22)36-38(29)41-33(40)26-20-37(3)28-13-6-4-11-24(26)28/h4-20H,1-3H3,(H,34,39)/b16-15+. The number of amides is 1. The Hall–Kier alpha value is -5.15. The molecule has 6 rings (SSSR count). The van der Waals surface area contributed by atoms with Crippen molar-refractivity contribution in [1.82, 2.24) is 24.8 Å². The van der Waals surface area contributed by atoms with E-state index in [1.165, 1.54) is 16.6 Å². The van der Waals surface area contributed by atoms with Crippen molar-refractivity contribution in [3.8, 4) is 0 Å². The fourth-order valence-electron chi connectivity index (χ4n) is 4.94. The first-order chi connectivity index (χ1) is 20.4. The number of pyridine rings is 1. The van der Waals surface area contributed by atoms with Crippen molar-refractivity contribution >= 4 is 57.6 Å². The first kappa shape index (κ1) is 27.0. The van der Waals surface area contributed by atoms with E-state index in [2.05, 4.69) is 10.3 Å². The molecule has 9 heteroatoms. The number of hydrogen-bond acceptors (Lipinski definition) is 6. The van der Waals surface area contributed by atoms with Crippen LogP contribution in [0.5, 0.6) is 0 Å². The SMILES string of the molecule is CNC(=O)c1ccccc1Sc1cc(C)c2c(/C=C/c3ccccn3)nn(OC(=O)c3cn(C)c4ccccc34)c2c1. The molecule has 8 nitrogen and oxygen atoms in total. The second-order valence-electron chi connectivity index (χ2n) is 9.71. The normalized spacial score (nSPS) is 11.4. The second-order valence-corrected chi connectivity index (χ2v) is 10.8. The number of benzene rings is 3. The van der Waals surface area contributed by atoms with Crippen molar-refractivity contribution in [1.29, 1.82) is 0 Å². The molecule has 1 amide bonds. The summed E-state index contributed by atoms with van der Waals surface area (Å²) in [7, 11) is 3.51. The molecule has 0 unspecified atom stereocenters. The van der Waals surface area contributed by atoms with Crippen LogP contribution in [-0.2, 0) is 7.05 Å². The predicted octanol–water partition coefficient (Wildman–Crippen LogP) is 6.18. The van der Waals surface area contributed by atoms with Crippen LogP contribution in [0.15, 0.2) is 101 Å². The molecule has 0 spiro atoms. The zero-order chi connectivity index (χ0) is 29.2. The zero-order valence-electron chi connectivity index (χ0n) is 23.2. The summed E-state index contributed by atoms with van der Waals surface area (Å²) in [5.41, 5.74) is 4.95. The maximum atomic E-state index is 13.5. The van der Waals surface area contributed by atoms with E-state index < -0.39 is 5.97 Å². The molecule has 0 radical (unpaired) electrons. The van der Waals surface area contributed by atoms with E-state index in [-0.39, 0.29) is 5.91 Å². The molecule has 3 aromatic carbocycles. The molecule has 0 bridgehead atoms. The topological polar surface area (TPSA) is 91.0 Å². The molecule has 0 aliphatic rings. The summed E-state index contributed by atoms with van der Waals surface area (Å²) >= 11 is 1.46. The van der Waals surface area contributed by atoms with Crippen LogP contribution in [0.4, 0.5) is 0 Å². The van der Waals surface area contributed by atoms with E-state index in [0.29, 0.717) is 22.3 Å². The number of fused-ring (bicyclic) bond motifs is 2. The molecule has 6 aromatic rings. The summed E-state index contributed by atoms with van der Waals surface area (Å²) in [4.78, 5) is 39.3. The Bertz CT molecular complexity index is 1990. The lowest BCUT2D eigenvalue weighted by Crippen LogP contribution is -2.21. The number of nitrogens with one attached hydrogen (secondary N) is 1. The number of hydrogen-bond donors (Lipinski definition) is 1. The van der Waals surface area contributed by atoms with Gasteiger partial charge in [-0.25, -0.2) is 4.79 Å².